The number of hydrogen-bond acceptors (Lipinski definition) is 6. The van der Waals surface area contributed by atoms with Crippen LogP contribution in [-0.4, -0.2) is 9.97 Å². The quantitative estimate of drug-likeness (QED) is 0.275. The highest BCUT2D eigenvalue weighted by atomic mass is 35.5. The standard InChI is InChI=1S/C23H18Cl2N4S2/c24-16-8-6-15(7-9-16)22-28-17(12-30-22)13-31-23-19(11-27)20(14-4-2-1-3-5-14)18(10-26)21(25)29-23/h6-9,12,14H,1-5,13H2. The van der Waals surface area contributed by atoms with E-state index in [0.717, 1.165) is 47.5 Å². The second-order valence-electron chi connectivity index (χ2n) is 7.37. The summed E-state index contributed by atoms with van der Waals surface area (Å²) in [7, 11) is 0. The Labute approximate surface area is 199 Å². The minimum Gasteiger partial charge on any atom is -0.240 e. The number of rotatable bonds is 5. The van der Waals surface area contributed by atoms with Crippen LogP contribution in [0.1, 0.15) is 60.4 Å². The molecule has 0 saturated heterocycles. The number of thiazole rings is 1. The Morgan fingerprint density at radius 3 is 2.39 bits per heavy atom. The monoisotopic (exact) mass is 484 g/mol. The molecular weight excluding hydrogens is 467 g/mol. The zero-order valence-corrected chi connectivity index (χ0v) is 19.7. The Kier molecular flexibility index (Phi) is 7.15. The van der Waals surface area contributed by atoms with Crippen LogP contribution in [0, 0.1) is 22.7 Å². The first-order valence-electron chi connectivity index (χ1n) is 9.97. The molecule has 0 spiro atoms. The molecule has 3 aromatic rings. The van der Waals surface area contributed by atoms with Gasteiger partial charge in [-0.25, -0.2) is 9.97 Å². The van der Waals surface area contributed by atoms with Gasteiger partial charge < -0.3 is 0 Å². The van der Waals surface area contributed by atoms with Crippen LogP contribution < -0.4 is 0 Å². The molecule has 0 bridgehead atoms. The SMILES string of the molecule is N#Cc1c(Cl)nc(SCc2csc(-c3ccc(Cl)cc3)n2)c(C#N)c1C1CCCCC1. The van der Waals surface area contributed by atoms with Crippen molar-refractivity contribution in [3.8, 4) is 22.7 Å². The lowest BCUT2D eigenvalue weighted by molar-refractivity contribution is 0.441. The van der Waals surface area contributed by atoms with Gasteiger partial charge in [-0.1, -0.05) is 66.4 Å². The number of hydrogen-bond donors (Lipinski definition) is 0. The molecule has 1 aliphatic carbocycles. The molecular formula is C23H18Cl2N4S2. The van der Waals surface area contributed by atoms with Gasteiger partial charge in [0.25, 0.3) is 0 Å². The van der Waals surface area contributed by atoms with Crippen LogP contribution in [-0.2, 0) is 5.75 Å². The molecule has 0 N–H and O–H groups in total. The summed E-state index contributed by atoms with van der Waals surface area (Å²) in [5.41, 5.74) is 3.55. The van der Waals surface area contributed by atoms with Gasteiger partial charge in [0.2, 0.25) is 0 Å². The van der Waals surface area contributed by atoms with Crippen LogP contribution in [0.4, 0.5) is 0 Å². The Balaban J connectivity index is 1.60. The number of benzene rings is 1. The maximum absolute atomic E-state index is 9.93. The van der Waals surface area contributed by atoms with Crippen molar-refractivity contribution in [2.24, 2.45) is 0 Å². The summed E-state index contributed by atoms with van der Waals surface area (Å²) in [4.78, 5) is 9.11. The molecule has 0 amide bonds. The fourth-order valence-electron chi connectivity index (χ4n) is 3.91. The van der Waals surface area contributed by atoms with Crippen molar-refractivity contribution in [2.45, 2.75) is 48.8 Å². The number of aromatic nitrogens is 2. The van der Waals surface area contributed by atoms with E-state index >= 15 is 0 Å². The van der Waals surface area contributed by atoms with Crippen LogP contribution >= 0.6 is 46.3 Å². The van der Waals surface area contributed by atoms with E-state index in [1.807, 2.05) is 29.6 Å². The smallest absolute Gasteiger partial charge is 0.148 e. The molecule has 156 valence electrons. The van der Waals surface area contributed by atoms with Gasteiger partial charge >= 0.3 is 0 Å². The van der Waals surface area contributed by atoms with Crippen molar-refractivity contribution >= 4 is 46.3 Å². The molecule has 1 fully saturated rings. The van der Waals surface area contributed by atoms with Crippen LogP contribution in [0.3, 0.4) is 0 Å². The van der Waals surface area contributed by atoms with Gasteiger partial charge in [0.05, 0.1) is 16.8 Å². The molecule has 0 unspecified atom stereocenters. The number of nitrogens with zero attached hydrogens (tertiary/aromatic N) is 4. The minimum atomic E-state index is 0.185. The van der Waals surface area contributed by atoms with Gasteiger partial charge in [-0.05, 0) is 36.5 Å². The third-order valence-electron chi connectivity index (χ3n) is 5.40. The molecule has 1 saturated carbocycles. The molecule has 4 rings (SSSR count). The maximum Gasteiger partial charge on any atom is 0.148 e. The summed E-state index contributed by atoms with van der Waals surface area (Å²) in [6.07, 6.45) is 5.36. The average Bonchev–Trinajstić information content (AvgIpc) is 3.27. The molecule has 2 heterocycles. The summed E-state index contributed by atoms with van der Waals surface area (Å²) in [5, 5.41) is 24.0. The van der Waals surface area contributed by atoms with Crippen molar-refractivity contribution < 1.29 is 0 Å². The highest BCUT2D eigenvalue weighted by molar-refractivity contribution is 7.98. The molecule has 4 nitrogen and oxygen atoms in total. The van der Waals surface area contributed by atoms with Crippen molar-refractivity contribution in [3.63, 3.8) is 0 Å². The van der Waals surface area contributed by atoms with Crippen molar-refractivity contribution in [1.82, 2.24) is 9.97 Å². The maximum atomic E-state index is 9.93. The van der Waals surface area contributed by atoms with E-state index in [1.165, 1.54) is 18.2 Å². The van der Waals surface area contributed by atoms with Crippen LogP contribution in [0.25, 0.3) is 10.6 Å². The fraction of sp³-hybridized carbons (Fsp3) is 0.304. The van der Waals surface area contributed by atoms with Crippen molar-refractivity contribution in [1.29, 1.82) is 10.5 Å². The van der Waals surface area contributed by atoms with E-state index in [0.29, 0.717) is 26.9 Å². The molecule has 1 aliphatic rings. The van der Waals surface area contributed by atoms with Gasteiger partial charge in [-0.15, -0.1) is 11.3 Å². The Hall–Kier alpha value is -2.09. The third-order valence-corrected chi connectivity index (χ3v) is 7.87. The lowest BCUT2D eigenvalue weighted by atomic mass is 9.81. The highest BCUT2D eigenvalue weighted by Gasteiger charge is 2.27. The van der Waals surface area contributed by atoms with E-state index in [9.17, 15) is 10.5 Å². The van der Waals surface area contributed by atoms with Crippen molar-refractivity contribution in [2.75, 3.05) is 0 Å². The normalized spacial score (nSPS) is 14.2. The van der Waals surface area contributed by atoms with E-state index in [2.05, 4.69) is 17.1 Å². The number of thioether (sulfide) groups is 1. The lowest BCUT2D eigenvalue weighted by Gasteiger charge is -2.24. The topological polar surface area (TPSA) is 73.4 Å². The predicted octanol–water partition coefficient (Wildman–Crippen LogP) is 7.60. The van der Waals surface area contributed by atoms with Crippen LogP contribution in [0.5, 0.6) is 0 Å². The summed E-state index contributed by atoms with van der Waals surface area (Å²) >= 11 is 15.4. The summed E-state index contributed by atoms with van der Waals surface area (Å²) in [6, 6.07) is 12.1. The van der Waals surface area contributed by atoms with Gasteiger partial charge in [0, 0.05) is 21.7 Å². The van der Waals surface area contributed by atoms with Gasteiger partial charge in [-0.2, -0.15) is 10.5 Å². The Morgan fingerprint density at radius 1 is 1.00 bits per heavy atom. The second-order valence-corrected chi connectivity index (χ2v) is 9.99. The zero-order chi connectivity index (χ0) is 21.8. The zero-order valence-electron chi connectivity index (χ0n) is 16.6. The molecule has 0 atom stereocenters. The van der Waals surface area contributed by atoms with Crippen molar-refractivity contribution in [3.05, 3.63) is 62.2 Å². The van der Waals surface area contributed by atoms with Gasteiger partial charge in [-0.3, -0.25) is 0 Å². The average molecular weight is 485 g/mol. The highest BCUT2D eigenvalue weighted by Crippen LogP contribution is 2.41. The molecule has 0 aliphatic heterocycles. The lowest BCUT2D eigenvalue weighted by Crippen LogP contribution is -2.11. The Morgan fingerprint density at radius 2 is 1.71 bits per heavy atom. The minimum absolute atomic E-state index is 0.185. The molecule has 31 heavy (non-hydrogen) atoms. The third kappa shape index (κ3) is 4.89. The first-order chi connectivity index (χ1) is 15.1. The van der Waals surface area contributed by atoms with Gasteiger partial charge in [0.15, 0.2) is 0 Å². The van der Waals surface area contributed by atoms with Crippen LogP contribution in [0.15, 0.2) is 34.7 Å². The molecule has 2 aromatic heterocycles. The second kappa shape index (κ2) is 10.0. The molecule has 1 aromatic carbocycles. The summed E-state index contributed by atoms with van der Waals surface area (Å²) in [6.45, 7) is 0. The van der Waals surface area contributed by atoms with E-state index < -0.39 is 0 Å². The first kappa shape index (κ1) is 22.1. The number of halogens is 2. The predicted molar refractivity (Wildman–Crippen MR) is 127 cm³/mol. The largest absolute Gasteiger partial charge is 0.240 e. The van der Waals surface area contributed by atoms with E-state index in [1.54, 1.807) is 11.3 Å². The number of nitriles is 2. The fourth-order valence-corrected chi connectivity index (χ4v) is 6.14. The molecule has 0 radical (unpaired) electrons. The first-order valence-corrected chi connectivity index (χ1v) is 12.6. The van der Waals surface area contributed by atoms with Crippen LogP contribution in [0.2, 0.25) is 10.2 Å². The summed E-state index contributed by atoms with van der Waals surface area (Å²) in [5.74, 6) is 0.756. The number of pyridine rings is 1. The van der Waals surface area contributed by atoms with E-state index in [4.69, 9.17) is 28.2 Å². The van der Waals surface area contributed by atoms with E-state index in [-0.39, 0.29) is 11.1 Å². The Bertz CT molecular complexity index is 1170. The molecule has 8 heteroatoms. The summed E-state index contributed by atoms with van der Waals surface area (Å²) < 4.78 is 0. The van der Waals surface area contributed by atoms with Gasteiger partial charge in [0.1, 0.15) is 27.3 Å².